The minimum absolute atomic E-state index is 0.296. The highest BCUT2D eigenvalue weighted by Gasteiger charge is 2.18. The fraction of sp³-hybridized carbons (Fsp3) is 0.118. The Hall–Kier alpha value is -4.90. The Morgan fingerprint density at radius 3 is 2.10 bits per heavy atom. The smallest absolute Gasteiger partial charge is 0.331 e. The quantitative estimate of drug-likeness (QED) is 0.159. The van der Waals surface area contributed by atoms with E-state index in [1.165, 1.54) is 11.6 Å². The fourth-order valence-corrected chi connectivity index (χ4v) is 4.44. The van der Waals surface area contributed by atoms with Crippen LogP contribution in [-0.2, 0) is 9.53 Å². The third-order valence-electron chi connectivity index (χ3n) is 6.50. The number of esters is 1. The molecule has 5 nitrogen and oxygen atoms in total. The zero-order chi connectivity index (χ0) is 27.2. The van der Waals surface area contributed by atoms with Gasteiger partial charge in [0, 0.05) is 17.2 Å². The highest BCUT2D eigenvalue weighted by Crippen LogP contribution is 2.32. The van der Waals surface area contributed by atoms with Gasteiger partial charge >= 0.3 is 5.97 Å². The first-order chi connectivity index (χ1) is 19.1. The Labute approximate surface area is 229 Å². The number of carbonyl (C=O) groups excluding carboxylic acids is 1. The third-order valence-corrected chi connectivity index (χ3v) is 6.50. The van der Waals surface area contributed by atoms with Crippen LogP contribution < -0.4 is 4.74 Å². The van der Waals surface area contributed by atoms with Gasteiger partial charge in [-0.25, -0.2) is 9.48 Å². The maximum atomic E-state index is 12.7. The van der Waals surface area contributed by atoms with Crippen LogP contribution in [0.3, 0.4) is 0 Å². The van der Waals surface area contributed by atoms with Crippen molar-refractivity contribution < 1.29 is 14.3 Å². The van der Waals surface area contributed by atoms with Gasteiger partial charge in [-0.15, -0.1) is 0 Å². The van der Waals surface area contributed by atoms with E-state index in [-0.39, 0.29) is 0 Å². The Bertz CT molecular complexity index is 1580. The van der Waals surface area contributed by atoms with Gasteiger partial charge in [-0.05, 0) is 60.9 Å². The molecule has 0 saturated carbocycles. The Balaban J connectivity index is 1.64. The summed E-state index contributed by atoms with van der Waals surface area (Å²) in [5, 5.41) is 5.01. The van der Waals surface area contributed by atoms with Crippen molar-refractivity contribution >= 4 is 11.5 Å². The second kappa shape index (κ2) is 11.7. The standard InChI is InChI=1S/C34H30N2O3/c1-4-39-34(37)22-31(27-16-14-26(15-17-27)25-8-6-5-7-9-25)32-23-33(28-12-10-24(2)11-13-28)36(35-32)29-18-20-30(38-3)21-19-29/h5-23H,4H2,1-3H3/b31-22-. The monoisotopic (exact) mass is 514 g/mol. The number of ether oxygens (including phenoxy) is 2. The van der Waals surface area contributed by atoms with E-state index in [9.17, 15) is 4.79 Å². The van der Waals surface area contributed by atoms with Crippen LogP contribution in [0, 0.1) is 6.92 Å². The van der Waals surface area contributed by atoms with E-state index < -0.39 is 5.97 Å². The van der Waals surface area contributed by atoms with Crippen LogP contribution in [0.5, 0.6) is 5.75 Å². The predicted molar refractivity (Wildman–Crippen MR) is 156 cm³/mol. The van der Waals surface area contributed by atoms with Crippen LogP contribution in [0.15, 0.2) is 115 Å². The molecule has 0 amide bonds. The number of hydrogen-bond donors (Lipinski definition) is 0. The maximum Gasteiger partial charge on any atom is 0.331 e. The molecule has 5 aromatic rings. The van der Waals surface area contributed by atoms with Crippen molar-refractivity contribution in [1.29, 1.82) is 0 Å². The average Bonchev–Trinajstić information content (AvgIpc) is 3.42. The molecule has 39 heavy (non-hydrogen) atoms. The van der Waals surface area contributed by atoms with Gasteiger partial charge in [0.2, 0.25) is 0 Å². The molecule has 0 unspecified atom stereocenters. The van der Waals surface area contributed by atoms with Crippen LogP contribution in [0.4, 0.5) is 0 Å². The first-order valence-corrected chi connectivity index (χ1v) is 12.9. The molecule has 0 spiro atoms. The molecule has 0 aliphatic rings. The molecule has 0 saturated heterocycles. The Kier molecular flexibility index (Phi) is 7.69. The number of nitrogens with zero attached hydrogens (tertiary/aromatic N) is 2. The average molecular weight is 515 g/mol. The van der Waals surface area contributed by atoms with E-state index >= 15 is 0 Å². The zero-order valence-corrected chi connectivity index (χ0v) is 22.3. The molecule has 0 N–H and O–H groups in total. The van der Waals surface area contributed by atoms with Gasteiger partial charge in [-0.3, -0.25) is 0 Å². The van der Waals surface area contributed by atoms with Gasteiger partial charge in [-0.2, -0.15) is 5.10 Å². The third kappa shape index (κ3) is 5.83. The number of rotatable bonds is 8. The molecule has 0 atom stereocenters. The van der Waals surface area contributed by atoms with Crippen molar-refractivity contribution in [3.05, 3.63) is 132 Å². The molecule has 1 heterocycles. The highest BCUT2D eigenvalue weighted by atomic mass is 16.5. The van der Waals surface area contributed by atoms with Crippen molar-refractivity contribution in [1.82, 2.24) is 9.78 Å². The normalized spacial score (nSPS) is 11.3. The largest absolute Gasteiger partial charge is 0.497 e. The summed E-state index contributed by atoms with van der Waals surface area (Å²) in [6.07, 6.45) is 1.53. The van der Waals surface area contributed by atoms with E-state index in [1.54, 1.807) is 14.0 Å². The summed E-state index contributed by atoms with van der Waals surface area (Å²) in [5.41, 5.74) is 8.44. The number of benzene rings is 4. The van der Waals surface area contributed by atoms with Crippen molar-refractivity contribution in [2.75, 3.05) is 13.7 Å². The van der Waals surface area contributed by atoms with E-state index in [2.05, 4.69) is 55.5 Å². The molecule has 5 heteroatoms. The molecule has 1 aromatic heterocycles. The van der Waals surface area contributed by atoms with Gasteiger partial charge in [-0.1, -0.05) is 84.4 Å². The number of methoxy groups -OCH3 is 1. The van der Waals surface area contributed by atoms with Gasteiger partial charge < -0.3 is 9.47 Å². The lowest BCUT2D eigenvalue weighted by Gasteiger charge is -2.09. The van der Waals surface area contributed by atoms with Gasteiger partial charge in [0.25, 0.3) is 0 Å². The summed E-state index contributed by atoms with van der Waals surface area (Å²) in [7, 11) is 1.65. The SMILES string of the molecule is CCOC(=O)/C=C(/c1ccc(-c2ccccc2)cc1)c1cc(-c2ccc(C)cc2)n(-c2ccc(OC)cc2)n1. The summed E-state index contributed by atoms with van der Waals surface area (Å²) in [6.45, 7) is 4.16. The van der Waals surface area contributed by atoms with Crippen LogP contribution in [0.2, 0.25) is 0 Å². The van der Waals surface area contributed by atoms with Crippen molar-refractivity contribution in [2.45, 2.75) is 13.8 Å². The van der Waals surface area contributed by atoms with Gasteiger partial charge in [0.15, 0.2) is 0 Å². The summed E-state index contributed by atoms with van der Waals surface area (Å²) in [5.74, 6) is 0.361. The molecular formula is C34H30N2O3. The number of carbonyl (C=O) groups is 1. The predicted octanol–water partition coefficient (Wildman–Crippen LogP) is 7.52. The first kappa shape index (κ1) is 25.7. The topological polar surface area (TPSA) is 53.4 Å². The second-order valence-electron chi connectivity index (χ2n) is 9.14. The van der Waals surface area contributed by atoms with Crippen LogP contribution in [0.25, 0.3) is 33.6 Å². The lowest BCUT2D eigenvalue weighted by Crippen LogP contribution is -2.03. The van der Waals surface area contributed by atoms with Crippen molar-refractivity contribution in [3.63, 3.8) is 0 Å². The van der Waals surface area contributed by atoms with Gasteiger partial charge in [0.1, 0.15) is 5.75 Å². The van der Waals surface area contributed by atoms with E-state index in [0.29, 0.717) is 17.9 Å². The summed E-state index contributed by atoms with van der Waals surface area (Å²) in [6, 6.07) is 36.5. The summed E-state index contributed by atoms with van der Waals surface area (Å²) < 4.78 is 12.5. The Morgan fingerprint density at radius 1 is 0.821 bits per heavy atom. The van der Waals surface area contributed by atoms with E-state index in [0.717, 1.165) is 39.4 Å². The summed E-state index contributed by atoms with van der Waals surface area (Å²) >= 11 is 0. The minimum Gasteiger partial charge on any atom is -0.497 e. The second-order valence-corrected chi connectivity index (χ2v) is 9.14. The molecule has 0 aliphatic carbocycles. The number of hydrogen-bond acceptors (Lipinski definition) is 4. The molecule has 5 rings (SSSR count). The molecule has 0 fully saturated rings. The first-order valence-electron chi connectivity index (χ1n) is 12.9. The molecule has 0 bridgehead atoms. The molecule has 0 aliphatic heterocycles. The van der Waals surface area contributed by atoms with Crippen LogP contribution in [-0.4, -0.2) is 29.5 Å². The fourth-order valence-electron chi connectivity index (χ4n) is 4.44. The van der Waals surface area contributed by atoms with E-state index in [4.69, 9.17) is 14.6 Å². The minimum atomic E-state index is -0.407. The summed E-state index contributed by atoms with van der Waals surface area (Å²) in [4.78, 5) is 12.7. The molecular weight excluding hydrogens is 484 g/mol. The van der Waals surface area contributed by atoms with Crippen molar-refractivity contribution in [2.24, 2.45) is 0 Å². The number of aryl methyl sites for hydroxylation is 1. The highest BCUT2D eigenvalue weighted by molar-refractivity contribution is 5.96. The maximum absolute atomic E-state index is 12.7. The molecule has 4 aromatic carbocycles. The lowest BCUT2D eigenvalue weighted by atomic mass is 9.98. The van der Waals surface area contributed by atoms with Crippen LogP contribution in [0.1, 0.15) is 23.7 Å². The number of aromatic nitrogens is 2. The molecule has 194 valence electrons. The molecule has 0 radical (unpaired) electrons. The Morgan fingerprint density at radius 2 is 1.46 bits per heavy atom. The van der Waals surface area contributed by atoms with Crippen molar-refractivity contribution in [3.8, 4) is 33.8 Å². The van der Waals surface area contributed by atoms with E-state index in [1.807, 2.05) is 65.3 Å². The van der Waals surface area contributed by atoms with Crippen LogP contribution >= 0.6 is 0 Å². The lowest BCUT2D eigenvalue weighted by molar-refractivity contribution is -0.137. The van der Waals surface area contributed by atoms with Gasteiger partial charge in [0.05, 0.1) is 30.8 Å². The zero-order valence-electron chi connectivity index (χ0n) is 22.3.